The van der Waals surface area contributed by atoms with E-state index in [-0.39, 0.29) is 5.69 Å². The van der Waals surface area contributed by atoms with Crippen molar-refractivity contribution in [2.45, 2.75) is 25.9 Å². The molecule has 5 nitrogen and oxygen atoms in total. The number of alkyl halides is 3. The summed E-state index contributed by atoms with van der Waals surface area (Å²) in [6.07, 6.45) is -4.92. The Morgan fingerprint density at radius 2 is 1.71 bits per heavy atom. The summed E-state index contributed by atoms with van der Waals surface area (Å²) in [5.74, 6) is -0.355. The van der Waals surface area contributed by atoms with E-state index in [1.807, 2.05) is 26.0 Å². The van der Waals surface area contributed by atoms with Crippen LogP contribution in [0.2, 0.25) is 0 Å². The predicted octanol–water partition coefficient (Wildman–Crippen LogP) is 5.63. The molecule has 0 aliphatic rings. The van der Waals surface area contributed by atoms with E-state index < -0.39 is 23.7 Å². The molecule has 0 bridgehead atoms. The van der Waals surface area contributed by atoms with Gasteiger partial charge in [0.1, 0.15) is 0 Å². The highest BCUT2D eigenvalue weighted by molar-refractivity contribution is 5.86. The van der Waals surface area contributed by atoms with Crippen LogP contribution >= 0.6 is 0 Å². The highest BCUT2D eigenvalue weighted by Crippen LogP contribution is 2.37. The third kappa shape index (κ3) is 4.33. The largest absolute Gasteiger partial charge is 0.437 e. The Balaban J connectivity index is 1.82. The molecule has 1 N–H and O–H groups in total. The number of carbonyl (C=O) groups is 1. The first kappa shape index (κ1) is 19.5. The second kappa shape index (κ2) is 7.75. The smallest absolute Gasteiger partial charge is 0.406 e. The minimum Gasteiger partial charge on any atom is -0.406 e. The lowest BCUT2D eigenvalue weighted by Gasteiger charge is -2.13. The summed E-state index contributed by atoms with van der Waals surface area (Å²) in [4.78, 5) is 12.1. The molecular weight excluding hydrogens is 371 g/mol. The first-order chi connectivity index (χ1) is 13.3. The highest BCUT2D eigenvalue weighted by Gasteiger charge is 2.40. The molecule has 8 heteroatoms. The number of benzene rings is 2. The average molecular weight is 389 g/mol. The Hall–Kier alpha value is -3.29. The fourth-order valence-corrected chi connectivity index (χ4v) is 2.63. The van der Waals surface area contributed by atoms with Gasteiger partial charge in [-0.3, -0.25) is 5.32 Å². The van der Waals surface area contributed by atoms with Gasteiger partial charge < -0.3 is 4.74 Å². The summed E-state index contributed by atoms with van der Waals surface area (Å²) in [7, 11) is 0. The number of para-hydroxylation sites is 1. The van der Waals surface area contributed by atoms with Crippen molar-refractivity contribution >= 4 is 11.8 Å². The van der Waals surface area contributed by atoms with E-state index in [4.69, 9.17) is 4.74 Å². The summed E-state index contributed by atoms with van der Waals surface area (Å²) in [6.45, 7) is 4.06. The summed E-state index contributed by atoms with van der Waals surface area (Å²) in [5, 5.41) is 6.15. The van der Waals surface area contributed by atoms with Crippen LogP contribution in [0.4, 0.5) is 23.7 Å². The van der Waals surface area contributed by atoms with Crippen LogP contribution in [0.15, 0.2) is 60.8 Å². The second-order valence-corrected chi connectivity index (χ2v) is 6.39. The van der Waals surface area contributed by atoms with Crippen molar-refractivity contribution in [3.8, 4) is 11.4 Å². The van der Waals surface area contributed by atoms with E-state index in [2.05, 4.69) is 10.4 Å². The number of hydrogen-bond donors (Lipinski definition) is 1. The number of halogens is 3. The van der Waals surface area contributed by atoms with Gasteiger partial charge in [-0.1, -0.05) is 44.2 Å². The summed E-state index contributed by atoms with van der Waals surface area (Å²) >= 11 is 0. The summed E-state index contributed by atoms with van der Waals surface area (Å²) in [6, 6.07) is 14.8. The zero-order valence-corrected chi connectivity index (χ0v) is 15.2. The van der Waals surface area contributed by atoms with Gasteiger partial charge in [-0.15, -0.1) is 0 Å². The van der Waals surface area contributed by atoms with Crippen molar-refractivity contribution in [1.29, 1.82) is 0 Å². The van der Waals surface area contributed by atoms with Crippen LogP contribution in [0.25, 0.3) is 5.69 Å². The first-order valence-electron chi connectivity index (χ1n) is 8.55. The van der Waals surface area contributed by atoms with Gasteiger partial charge in [-0.2, -0.15) is 18.3 Å². The van der Waals surface area contributed by atoms with Crippen LogP contribution in [-0.2, 0) is 6.18 Å². The lowest BCUT2D eigenvalue weighted by Crippen LogP contribution is -2.20. The third-order valence-corrected chi connectivity index (χ3v) is 4.03. The highest BCUT2D eigenvalue weighted by atomic mass is 19.4. The zero-order chi connectivity index (χ0) is 20.3. The van der Waals surface area contributed by atoms with Gasteiger partial charge in [0, 0.05) is 5.69 Å². The number of amides is 1. The molecule has 0 radical (unpaired) electrons. The molecular formula is C20H18F3N3O2. The predicted molar refractivity (Wildman–Crippen MR) is 98.7 cm³/mol. The number of aromatic nitrogens is 2. The molecule has 28 heavy (non-hydrogen) atoms. The van der Waals surface area contributed by atoms with Gasteiger partial charge in [0.2, 0.25) is 0 Å². The standard InChI is InChI=1S/C20H18F3N3O2/c1-13(2)14-8-10-15(11-9-14)25-19(27)28-17-12-24-26(18(17)20(21,22)23)16-6-4-3-5-7-16/h3-13H,1-2H3,(H,25,27). The topological polar surface area (TPSA) is 56.1 Å². The molecule has 1 aromatic heterocycles. The molecule has 0 fully saturated rings. The maximum absolute atomic E-state index is 13.6. The normalized spacial score (nSPS) is 11.5. The molecule has 2 aromatic carbocycles. The molecule has 0 aliphatic heterocycles. The SMILES string of the molecule is CC(C)c1ccc(NC(=O)Oc2cnn(-c3ccccc3)c2C(F)(F)F)cc1. The van der Waals surface area contributed by atoms with E-state index in [0.29, 0.717) is 16.3 Å². The van der Waals surface area contributed by atoms with E-state index >= 15 is 0 Å². The minimum absolute atomic E-state index is 0.203. The molecule has 1 heterocycles. The monoisotopic (exact) mass is 389 g/mol. The molecule has 3 aromatic rings. The summed E-state index contributed by atoms with van der Waals surface area (Å²) < 4.78 is 46.3. The fraction of sp³-hybridized carbons (Fsp3) is 0.200. The molecule has 0 unspecified atom stereocenters. The zero-order valence-electron chi connectivity index (χ0n) is 15.2. The maximum atomic E-state index is 13.6. The van der Waals surface area contributed by atoms with Crippen LogP contribution in [0.5, 0.6) is 5.75 Å². The Labute approximate surface area is 159 Å². The summed E-state index contributed by atoms with van der Waals surface area (Å²) in [5.41, 5.74) is 0.527. The van der Waals surface area contributed by atoms with Crippen LogP contribution in [0, 0.1) is 0 Å². The van der Waals surface area contributed by atoms with E-state index in [9.17, 15) is 18.0 Å². The Morgan fingerprint density at radius 1 is 1.07 bits per heavy atom. The third-order valence-electron chi connectivity index (χ3n) is 4.03. The molecule has 0 aliphatic carbocycles. The number of ether oxygens (including phenoxy) is 1. The molecule has 0 spiro atoms. The van der Waals surface area contributed by atoms with Crippen molar-refractivity contribution in [3.05, 3.63) is 72.1 Å². The van der Waals surface area contributed by atoms with Crippen molar-refractivity contribution in [1.82, 2.24) is 9.78 Å². The van der Waals surface area contributed by atoms with E-state index in [0.717, 1.165) is 11.8 Å². The maximum Gasteiger partial charge on any atom is 0.437 e. The quantitative estimate of drug-likeness (QED) is 0.630. The van der Waals surface area contributed by atoms with Crippen molar-refractivity contribution < 1.29 is 22.7 Å². The van der Waals surface area contributed by atoms with Crippen molar-refractivity contribution in [3.63, 3.8) is 0 Å². The number of carbonyl (C=O) groups excluding carboxylic acids is 1. The Bertz CT molecular complexity index is 949. The van der Waals surface area contributed by atoms with Gasteiger partial charge in [0.25, 0.3) is 0 Å². The lowest BCUT2D eigenvalue weighted by atomic mass is 10.0. The first-order valence-corrected chi connectivity index (χ1v) is 8.55. The molecule has 3 rings (SSSR count). The molecule has 0 saturated heterocycles. The van der Waals surface area contributed by atoms with Crippen LogP contribution < -0.4 is 10.1 Å². The van der Waals surface area contributed by atoms with Crippen LogP contribution in [0.3, 0.4) is 0 Å². The minimum atomic E-state index is -4.76. The van der Waals surface area contributed by atoms with Gasteiger partial charge in [-0.05, 0) is 35.7 Å². The molecule has 1 amide bonds. The number of nitrogens with zero attached hydrogens (tertiary/aromatic N) is 2. The number of rotatable bonds is 4. The van der Waals surface area contributed by atoms with E-state index in [1.54, 1.807) is 30.3 Å². The number of hydrogen-bond acceptors (Lipinski definition) is 3. The average Bonchev–Trinajstić information content (AvgIpc) is 3.06. The number of nitrogens with one attached hydrogen (secondary N) is 1. The van der Waals surface area contributed by atoms with Gasteiger partial charge in [0.05, 0.1) is 11.9 Å². The molecule has 0 atom stereocenters. The fourth-order valence-electron chi connectivity index (χ4n) is 2.63. The van der Waals surface area contributed by atoms with Crippen molar-refractivity contribution in [2.75, 3.05) is 5.32 Å². The Morgan fingerprint density at radius 3 is 2.29 bits per heavy atom. The molecule has 0 saturated carbocycles. The van der Waals surface area contributed by atoms with Gasteiger partial charge in [0.15, 0.2) is 11.4 Å². The van der Waals surface area contributed by atoms with Gasteiger partial charge >= 0.3 is 12.3 Å². The second-order valence-electron chi connectivity index (χ2n) is 6.39. The van der Waals surface area contributed by atoms with Crippen molar-refractivity contribution in [2.24, 2.45) is 0 Å². The van der Waals surface area contributed by atoms with Crippen LogP contribution in [0.1, 0.15) is 31.0 Å². The van der Waals surface area contributed by atoms with Crippen LogP contribution in [-0.4, -0.2) is 15.9 Å². The Kier molecular flexibility index (Phi) is 5.39. The van der Waals surface area contributed by atoms with Gasteiger partial charge in [-0.25, -0.2) is 9.48 Å². The lowest BCUT2D eigenvalue weighted by molar-refractivity contribution is -0.143. The molecule has 146 valence electrons. The number of anilines is 1. The van der Waals surface area contributed by atoms with E-state index in [1.165, 1.54) is 12.1 Å².